The van der Waals surface area contributed by atoms with E-state index >= 15 is 0 Å². The summed E-state index contributed by atoms with van der Waals surface area (Å²) in [5, 5.41) is 12.5. The molecular weight excluding hydrogens is 413 g/mol. The molecule has 3 heterocycles. The van der Waals surface area contributed by atoms with Gasteiger partial charge in [-0.3, -0.25) is 4.90 Å². The van der Waals surface area contributed by atoms with Gasteiger partial charge in [0.15, 0.2) is 0 Å². The number of piperidine rings is 1. The fourth-order valence-corrected chi connectivity index (χ4v) is 4.63. The molecule has 1 aromatic carbocycles. The van der Waals surface area contributed by atoms with Crippen LogP contribution in [0, 0.1) is 12.8 Å². The molecule has 2 aromatic heterocycles. The van der Waals surface area contributed by atoms with Gasteiger partial charge in [-0.05, 0) is 74.5 Å². The maximum Gasteiger partial charge on any atom is 0.416 e. The molecule has 1 aliphatic rings. The summed E-state index contributed by atoms with van der Waals surface area (Å²) in [6.07, 6.45) is -2.96. The van der Waals surface area contributed by atoms with E-state index < -0.39 is 17.8 Å². The number of nitrogens with zero attached hydrogens (tertiary/aromatic N) is 2. The number of aryl methyl sites for hydroxylation is 1. The Morgan fingerprint density at radius 3 is 2.50 bits per heavy atom. The average molecular weight is 436 g/mol. The molecule has 0 saturated carbocycles. The summed E-state index contributed by atoms with van der Waals surface area (Å²) >= 11 is 1.58. The Morgan fingerprint density at radius 2 is 1.90 bits per heavy atom. The van der Waals surface area contributed by atoms with Crippen LogP contribution in [0.15, 0.2) is 46.2 Å². The fourth-order valence-electron chi connectivity index (χ4n) is 3.83. The highest BCUT2D eigenvalue weighted by Gasteiger charge is 2.30. The molecule has 0 spiro atoms. The van der Waals surface area contributed by atoms with Crippen molar-refractivity contribution in [3.05, 3.63) is 63.7 Å². The van der Waals surface area contributed by atoms with Gasteiger partial charge in [0, 0.05) is 17.0 Å². The molecule has 0 amide bonds. The number of benzene rings is 1. The molecule has 4 nitrogen and oxygen atoms in total. The monoisotopic (exact) mass is 436 g/mol. The minimum Gasteiger partial charge on any atom is -0.441 e. The van der Waals surface area contributed by atoms with Crippen molar-refractivity contribution in [1.82, 2.24) is 9.88 Å². The Balaban J connectivity index is 1.38. The highest BCUT2D eigenvalue weighted by Crippen LogP contribution is 2.34. The first-order valence-corrected chi connectivity index (χ1v) is 10.8. The van der Waals surface area contributed by atoms with Crippen LogP contribution in [-0.4, -0.2) is 28.1 Å². The van der Waals surface area contributed by atoms with Gasteiger partial charge in [0.25, 0.3) is 0 Å². The largest absolute Gasteiger partial charge is 0.441 e. The fraction of sp³-hybridized carbons (Fsp3) is 0.409. The van der Waals surface area contributed by atoms with E-state index in [4.69, 9.17) is 4.42 Å². The van der Waals surface area contributed by atoms with E-state index in [1.807, 2.05) is 24.4 Å². The third-order valence-corrected chi connectivity index (χ3v) is 6.58. The Bertz CT molecular complexity index is 959. The van der Waals surface area contributed by atoms with Crippen LogP contribution in [0.5, 0.6) is 0 Å². The second-order valence-electron chi connectivity index (χ2n) is 7.67. The molecule has 1 N–H and O–H groups in total. The number of likely N-dealkylation sites (tertiary alicyclic amines) is 1. The number of hydrogen-bond donors (Lipinski definition) is 1. The van der Waals surface area contributed by atoms with Gasteiger partial charge in [-0.25, -0.2) is 4.98 Å². The number of thiophene rings is 1. The van der Waals surface area contributed by atoms with Crippen molar-refractivity contribution in [3.8, 4) is 11.5 Å². The third kappa shape index (κ3) is 4.61. The normalized spacial score (nSPS) is 17.4. The lowest BCUT2D eigenvalue weighted by Gasteiger charge is -2.33. The van der Waals surface area contributed by atoms with Crippen LogP contribution in [0.2, 0.25) is 0 Å². The SMILES string of the molecule is Cc1oc(-c2ccc(C(F)(F)F)cc2)nc1CN1CCC(C(O)c2cccs2)CC1. The van der Waals surface area contributed by atoms with Crippen LogP contribution in [0.4, 0.5) is 13.2 Å². The highest BCUT2D eigenvalue weighted by molar-refractivity contribution is 7.10. The molecule has 1 fully saturated rings. The maximum atomic E-state index is 12.7. The summed E-state index contributed by atoms with van der Waals surface area (Å²) in [4.78, 5) is 7.82. The second kappa shape index (κ2) is 8.53. The Morgan fingerprint density at radius 1 is 1.20 bits per heavy atom. The van der Waals surface area contributed by atoms with Crippen LogP contribution in [-0.2, 0) is 12.7 Å². The lowest BCUT2D eigenvalue weighted by molar-refractivity contribution is -0.137. The van der Waals surface area contributed by atoms with Gasteiger partial charge in [-0.15, -0.1) is 11.3 Å². The molecule has 8 heteroatoms. The van der Waals surface area contributed by atoms with Gasteiger partial charge in [0.2, 0.25) is 5.89 Å². The first-order valence-electron chi connectivity index (χ1n) is 9.89. The van der Waals surface area contributed by atoms with E-state index in [1.54, 1.807) is 11.3 Å². The molecule has 0 bridgehead atoms. The number of aromatic nitrogens is 1. The van der Waals surface area contributed by atoms with Crippen molar-refractivity contribution >= 4 is 11.3 Å². The molecule has 1 aliphatic heterocycles. The zero-order valence-corrected chi connectivity index (χ0v) is 17.3. The number of rotatable bonds is 5. The lowest BCUT2D eigenvalue weighted by atomic mass is 9.90. The van der Waals surface area contributed by atoms with Gasteiger partial charge in [-0.2, -0.15) is 13.2 Å². The van der Waals surface area contributed by atoms with E-state index in [-0.39, 0.29) is 5.92 Å². The summed E-state index contributed by atoms with van der Waals surface area (Å²) in [6.45, 7) is 4.16. The zero-order chi connectivity index (χ0) is 21.3. The van der Waals surface area contributed by atoms with Crippen LogP contribution in [0.3, 0.4) is 0 Å². The van der Waals surface area contributed by atoms with E-state index in [1.165, 1.54) is 12.1 Å². The number of aliphatic hydroxyl groups excluding tert-OH is 1. The van der Waals surface area contributed by atoms with Crippen molar-refractivity contribution in [1.29, 1.82) is 0 Å². The smallest absolute Gasteiger partial charge is 0.416 e. The number of alkyl halides is 3. The molecule has 1 unspecified atom stereocenters. The Kier molecular flexibility index (Phi) is 5.99. The van der Waals surface area contributed by atoms with Gasteiger partial charge in [-0.1, -0.05) is 6.07 Å². The predicted molar refractivity (Wildman–Crippen MR) is 109 cm³/mol. The quantitative estimate of drug-likeness (QED) is 0.559. The van der Waals surface area contributed by atoms with E-state index in [0.717, 1.165) is 48.6 Å². The minimum absolute atomic E-state index is 0.251. The van der Waals surface area contributed by atoms with Gasteiger partial charge >= 0.3 is 6.18 Å². The third-order valence-electron chi connectivity index (χ3n) is 5.64. The Hall–Kier alpha value is -2.16. The summed E-state index contributed by atoms with van der Waals surface area (Å²) in [6, 6.07) is 8.78. The van der Waals surface area contributed by atoms with Crippen LogP contribution < -0.4 is 0 Å². The van der Waals surface area contributed by atoms with Crippen molar-refractivity contribution in [3.63, 3.8) is 0 Å². The predicted octanol–water partition coefficient (Wildman–Crippen LogP) is 5.68. The van der Waals surface area contributed by atoms with E-state index in [9.17, 15) is 18.3 Å². The number of aliphatic hydroxyl groups is 1. The number of hydrogen-bond acceptors (Lipinski definition) is 5. The molecule has 160 valence electrons. The zero-order valence-electron chi connectivity index (χ0n) is 16.5. The highest BCUT2D eigenvalue weighted by atomic mass is 32.1. The molecule has 0 radical (unpaired) electrons. The van der Waals surface area contributed by atoms with Crippen molar-refractivity contribution < 1.29 is 22.7 Å². The van der Waals surface area contributed by atoms with Gasteiger partial charge in [0.05, 0.1) is 17.4 Å². The second-order valence-corrected chi connectivity index (χ2v) is 8.65. The van der Waals surface area contributed by atoms with E-state index in [0.29, 0.717) is 23.8 Å². The summed E-state index contributed by atoms with van der Waals surface area (Å²) in [5.74, 6) is 1.26. The minimum atomic E-state index is -4.36. The summed E-state index contributed by atoms with van der Waals surface area (Å²) in [5.41, 5.74) is 0.625. The molecule has 3 aromatic rings. The van der Waals surface area contributed by atoms with Crippen molar-refractivity contribution in [2.75, 3.05) is 13.1 Å². The molecule has 1 atom stereocenters. The summed E-state index contributed by atoms with van der Waals surface area (Å²) in [7, 11) is 0. The topological polar surface area (TPSA) is 49.5 Å². The number of oxazole rings is 1. The van der Waals surface area contributed by atoms with E-state index in [2.05, 4.69) is 9.88 Å². The molecule has 4 rings (SSSR count). The standard InChI is InChI=1S/C22H23F3N2O2S/c1-14-18(26-21(29-14)16-4-6-17(7-5-16)22(23,24)25)13-27-10-8-15(9-11-27)20(28)19-3-2-12-30-19/h2-7,12,15,20,28H,8-11,13H2,1H3. The maximum absolute atomic E-state index is 12.7. The molecule has 0 aliphatic carbocycles. The van der Waals surface area contributed by atoms with Crippen LogP contribution in [0.1, 0.15) is 40.8 Å². The molecule has 30 heavy (non-hydrogen) atoms. The lowest BCUT2D eigenvalue weighted by Crippen LogP contribution is -2.35. The first-order chi connectivity index (χ1) is 14.3. The van der Waals surface area contributed by atoms with Gasteiger partial charge in [0.1, 0.15) is 5.76 Å². The van der Waals surface area contributed by atoms with Crippen LogP contribution in [0.25, 0.3) is 11.5 Å². The number of halogens is 3. The van der Waals surface area contributed by atoms with Gasteiger partial charge < -0.3 is 9.52 Å². The summed E-state index contributed by atoms with van der Waals surface area (Å²) < 4.78 is 44.0. The van der Waals surface area contributed by atoms with Crippen molar-refractivity contribution in [2.45, 2.75) is 38.6 Å². The Labute approximate surface area is 177 Å². The molecular formula is C22H23F3N2O2S. The first kappa shape index (κ1) is 21.1. The molecule has 1 saturated heterocycles. The van der Waals surface area contributed by atoms with Crippen LogP contribution >= 0.6 is 11.3 Å². The van der Waals surface area contributed by atoms with Crippen molar-refractivity contribution in [2.24, 2.45) is 5.92 Å². The average Bonchev–Trinajstić information content (AvgIpc) is 3.38.